The second-order valence-electron chi connectivity index (χ2n) is 4.68. The van der Waals surface area contributed by atoms with E-state index in [1.807, 2.05) is 55.5 Å². The number of amides is 1. The molecular formula is C15H19N3OS. The fourth-order valence-corrected chi connectivity index (χ4v) is 2.64. The molecule has 0 radical (unpaired) electrons. The minimum absolute atomic E-state index is 0.102. The molecule has 0 fully saturated rings. The van der Waals surface area contributed by atoms with Crippen molar-refractivity contribution in [2.75, 3.05) is 16.9 Å². The van der Waals surface area contributed by atoms with Crippen molar-refractivity contribution in [2.45, 2.75) is 20.5 Å². The third-order valence-corrected chi connectivity index (χ3v) is 3.66. The van der Waals surface area contributed by atoms with E-state index in [1.165, 1.54) is 11.8 Å². The van der Waals surface area contributed by atoms with Crippen molar-refractivity contribution in [2.24, 2.45) is 0 Å². The first-order valence-electron chi connectivity index (χ1n) is 6.46. The summed E-state index contributed by atoms with van der Waals surface area (Å²) in [5, 5.41) is 4.20. The fourth-order valence-electron chi connectivity index (χ4n) is 2.24. The van der Waals surface area contributed by atoms with E-state index in [4.69, 9.17) is 0 Å². The number of hydrogen-bond acceptors (Lipinski definition) is 3. The zero-order valence-corrected chi connectivity index (χ0v) is 12.9. The van der Waals surface area contributed by atoms with Crippen LogP contribution in [-0.2, 0) is 11.5 Å². The van der Waals surface area contributed by atoms with Crippen LogP contribution < -0.4 is 4.90 Å². The van der Waals surface area contributed by atoms with Gasteiger partial charge in [0.1, 0.15) is 6.67 Å². The molecule has 0 aliphatic rings. The number of aromatic nitrogens is 2. The molecule has 5 heteroatoms. The van der Waals surface area contributed by atoms with Crippen LogP contribution in [0.25, 0.3) is 0 Å². The lowest BCUT2D eigenvalue weighted by Crippen LogP contribution is -2.35. The van der Waals surface area contributed by atoms with Crippen molar-refractivity contribution in [3.63, 3.8) is 0 Å². The molecule has 0 spiro atoms. The number of nitrogens with zero attached hydrogens (tertiary/aromatic N) is 3. The van der Waals surface area contributed by atoms with E-state index in [9.17, 15) is 4.79 Å². The molecule has 0 unspecified atom stereocenters. The molecule has 1 aromatic heterocycles. The molecule has 2 rings (SSSR count). The summed E-state index contributed by atoms with van der Waals surface area (Å²) in [7, 11) is 0. The van der Waals surface area contributed by atoms with Crippen LogP contribution in [0.1, 0.15) is 11.1 Å². The molecule has 1 amide bonds. The van der Waals surface area contributed by atoms with Gasteiger partial charge in [0.15, 0.2) is 0 Å². The standard InChI is InChI=1S/C15H19N3OS/c1-12-6-4-7-13(2)15(12)18(14(19)10-20-3)11-17-9-5-8-16-17/h4-9H,10-11H2,1-3H3. The van der Waals surface area contributed by atoms with Crippen LogP contribution >= 0.6 is 11.8 Å². The van der Waals surface area contributed by atoms with Gasteiger partial charge in [0.25, 0.3) is 0 Å². The largest absolute Gasteiger partial charge is 0.291 e. The Hall–Kier alpha value is -1.75. The highest BCUT2D eigenvalue weighted by Gasteiger charge is 2.19. The van der Waals surface area contributed by atoms with Crippen LogP contribution in [-0.4, -0.2) is 27.7 Å². The molecule has 1 aromatic carbocycles. The molecule has 0 bridgehead atoms. The molecular weight excluding hydrogens is 270 g/mol. The summed E-state index contributed by atoms with van der Waals surface area (Å²) in [6, 6.07) is 7.94. The zero-order chi connectivity index (χ0) is 14.5. The van der Waals surface area contributed by atoms with Gasteiger partial charge < -0.3 is 0 Å². The van der Waals surface area contributed by atoms with Crippen LogP contribution in [0, 0.1) is 13.8 Å². The third kappa shape index (κ3) is 3.22. The Labute approximate surface area is 123 Å². The Kier molecular flexibility index (Phi) is 4.84. The van der Waals surface area contributed by atoms with Crippen LogP contribution in [0.2, 0.25) is 0 Å². The molecule has 2 aromatic rings. The van der Waals surface area contributed by atoms with Crippen molar-refractivity contribution >= 4 is 23.4 Å². The van der Waals surface area contributed by atoms with Crippen molar-refractivity contribution in [1.82, 2.24) is 9.78 Å². The van der Waals surface area contributed by atoms with Gasteiger partial charge in [0.2, 0.25) is 5.91 Å². The number of thioether (sulfide) groups is 1. The van der Waals surface area contributed by atoms with Crippen molar-refractivity contribution in [3.05, 3.63) is 47.8 Å². The molecule has 0 saturated heterocycles. The Balaban J connectivity index is 2.37. The summed E-state index contributed by atoms with van der Waals surface area (Å²) in [6.07, 6.45) is 5.53. The average Bonchev–Trinajstić information content (AvgIpc) is 2.90. The van der Waals surface area contributed by atoms with Gasteiger partial charge in [-0.2, -0.15) is 16.9 Å². The highest BCUT2D eigenvalue weighted by atomic mass is 32.2. The minimum atomic E-state index is 0.102. The molecule has 0 N–H and O–H groups in total. The van der Waals surface area contributed by atoms with Gasteiger partial charge in [-0.3, -0.25) is 14.4 Å². The summed E-state index contributed by atoms with van der Waals surface area (Å²) in [4.78, 5) is 14.3. The summed E-state index contributed by atoms with van der Waals surface area (Å²) >= 11 is 1.54. The number of hydrogen-bond donors (Lipinski definition) is 0. The monoisotopic (exact) mass is 289 g/mol. The lowest BCUT2D eigenvalue weighted by molar-refractivity contribution is -0.116. The molecule has 0 aliphatic heterocycles. The van der Waals surface area contributed by atoms with Crippen LogP contribution in [0.4, 0.5) is 5.69 Å². The van der Waals surface area contributed by atoms with Gasteiger partial charge in [-0.1, -0.05) is 18.2 Å². The lowest BCUT2D eigenvalue weighted by Gasteiger charge is -2.26. The smallest absolute Gasteiger partial charge is 0.238 e. The molecule has 0 saturated carbocycles. The number of carbonyl (C=O) groups is 1. The average molecular weight is 289 g/mol. The van der Waals surface area contributed by atoms with Crippen molar-refractivity contribution < 1.29 is 4.79 Å². The zero-order valence-electron chi connectivity index (χ0n) is 12.0. The normalized spacial score (nSPS) is 10.6. The van der Waals surface area contributed by atoms with E-state index >= 15 is 0 Å². The van der Waals surface area contributed by atoms with Crippen molar-refractivity contribution in [3.8, 4) is 0 Å². The molecule has 0 atom stereocenters. The Bertz CT molecular complexity index is 561. The summed E-state index contributed by atoms with van der Waals surface area (Å²) in [6.45, 7) is 4.51. The van der Waals surface area contributed by atoms with Crippen LogP contribution in [0.15, 0.2) is 36.7 Å². The number of aryl methyl sites for hydroxylation is 2. The highest BCUT2D eigenvalue weighted by Crippen LogP contribution is 2.25. The molecule has 20 heavy (non-hydrogen) atoms. The summed E-state index contributed by atoms with van der Waals surface area (Å²) in [5.41, 5.74) is 3.19. The van der Waals surface area contributed by atoms with E-state index in [-0.39, 0.29) is 5.91 Å². The van der Waals surface area contributed by atoms with Gasteiger partial charge in [0.05, 0.1) is 11.4 Å². The predicted molar refractivity (Wildman–Crippen MR) is 84.0 cm³/mol. The Morgan fingerprint density at radius 3 is 2.55 bits per heavy atom. The Morgan fingerprint density at radius 2 is 2.00 bits per heavy atom. The lowest BCUT2D eigenvalue weighted by atomic mass is 10.1. The van der Waals surface area contributed by atoms with Gasteiger partial charge in [-0.05, 0) is 37.3 Å². The van der Waals surface area contributed by atoms with Gasteiger partial charge in [0, 0.05) is 12.4 Å². The van der Waals surface area contributed by atoms with E-state index in [2.05, 4.69) is 5.10 Å². The SMILES string of the molecule is CSCC(=O)N(Cn1cccn1)c1c(C)cccc1C. The molecule has 1 heterocycles. The topological polar surface area (TPSA) is 38.1 Å². The summed E-state index contributed by atoms with van der Waals surface area (Å²) in [5.74, 6) is 0.570. The molecule has 106 valence electrons. The molecule has 4 nitrogen and oxygen atoms in total. The number of carbonyl (C=O) groups excluding carboxylic acids is 1. The van der Waals surface area contributed by atoms with Crippen LogP contribution in [0.3, 0.4) is 0 Å². The number of para-hydroxylation sites is 1. The van der Waals surface area contributed by atoms with Gasteiger partial charge in [-0.15, -0.1) is 0 Å². The van der Waals surface area contributed by atoms with Gasteiger partial charge in [-0.25, -0.2) is 0 Å². The maximum absolute atomic E-state index is 12.4. The number of anilines is 1. The predicted octanol–water partition coefficient (Wildman–Crippen LogP) is 2.85. The maximum atomic E-state index is 12.4. The quantitative estimate of drug-likeness (QED) is 0.849. The first-order chi connectivity index (χ1) is 9.63. The van der Waals surface area contributed by atoms with E-state index in [0.717, 1.165) is 16.8 Å². The first kappa shape index (κ1) is 14.7. The van der Waals surface area contributed by atoms with E-state index < -0.39 is 0 Å². The first-order valence-corrected chi connectivity index (χ1v) is 7.86. The van der Waals surface area contributed by atoms with E-state index in [1.54, 1.807) is 10.9 Å². The second-order valence-corrected chi connectivity index (χ2v) is 5.55. The third-order valence-electron chi connectivity index (χ3n) is 3.12. The maximum Gasteiger partial charge on any atom is 0.238 e. The van der Waals surface area contributed by atoms with Crippen LogP contribution in [0.5, 0.6) is 0 Å². The number of rotatable bonds is 5. The number of benzene rings is 1. The summed E-state index contributed by atoms with van der Waals surface area (Å²) < 4.78 is 1.77. The fraction of sp³-hybridized carbons (Fsp3) is 0.333. The minimum Gasteiger partial charge on any atom is -0.291 e. The van der Waals surface area contributed by atoms with Crippen molar-refractivity contribution in [1.29, 1.82) is 0 Å². The molecule has 0 aliphatic carbocycles. The Morgan fingerprint density at radius 1 is 1.30 bits per heavy atom. The van der Waals surface area contributed by atoms with Gasteiger partial charge >= 0.3 is 0 Å². The second kappa shape index (κ2) is 6.61. The highest BCUT2D eigenvalue weighted by molar-refractivity contribution is 7.99. The van der Waals surface area contributed by atoms with E-state index in [0.29, 0.717) is 12.4 Å².